The highest BCUT2D eigenvalue weighted by Gasteiger charge is 2.12. The first kappa shape index (κ1) is 14.7. The standard InChI is InChI=1S/C14H16BrFN4/c1-7(2)13-19-12(17)8(3)14(20-13)18-11-6-9(16)4-5-10(11)15/h4-7H,1-3H3,(H3,17,18,19,20). The summed E-state index contributed by atoms with van der Waals surface area (Å²) in [5, 5.41) is 3.10. The summed E-state index contributed by atoms with van der Waals surface area (Å²) in [5.74, 6) is 1.52. The molecular weight excluding hydrogens is 323 g/mol. The lowest BCUT2D eigenvalue weighted by Gasteiger charge is -2.14. The van der Waals surface area contributed by atoms with E-state index in [9.17, 15) is 4.39 Å². The van der Waals surface area contributed by atoms with Gasteiger partial charge in [-0.05, 0) is 41.1 Å². The fourth-order valence-corrected chi connectivity index (χ4v) is 2.00. The van der Waals surface area contributed by atoms with Crippen LogP contribution in [0.15, 0.2) is 22.7 Å². The van der Waals surface area contributed by atoms with Crippen molar-refractivity contribution in [3.05, 3.63) is 39.9 Å². The SMILES string of the molecule is Cc1c(N)nc(C(C)C)nc1Nc1cc(F)ccc1Br. The highest BCUT2D eigenvalue weighted by molar-refractivity contribution is 9.10. The third-order valence-corrected chi connectivity index (χ3v) is 3.59. The molecule has 106 valence electrons. The monoisotopic (exact) mass is 338 g/mol. The molecule has 0 spiro atoms. The molecule has 0 atom stereocenters. The van der Waals surface area contributed by atoms with Gasteiger partial charge in [0.25, 0.3) is 0 Å². The Labute approximate surface area is 125 Å². The molecule has 0 radical (unpaired) electrons. The Morgan fingerprint density at radius 3 is 2.65 bits per heavy atom. The van der Waals surface area contributed by atoms with Crippen LogP contribution >= 0.6 is 15.9 Å². The lowest BCUT2D eigenvalue weighted by Crippen LogP contribution is -2.08. The first-order valence-electron chi connectivity index (χ1n) is 6.24. The molecule has 1 aromatic heterocycles. The molecular formula is C14H16BrFN4. The molecule has 0 aliphatic carbocycles. The van der Waals surface area contributed by atoms with Crippen LogP contribution in [0.3, 0.4) is 0 Å². The molecule has 0 saturated carbocycles. The number of hydrogen-bond acceptors (Lipinski definition) is 4. The smallest absolute Gasteiger partial charge is 0.139 e. The average molecular weight is 339 g/mol. The minimum absolute atomic E-state index is 0.161. The molecule has 0 aliphatic heterocycles. The Morgan fingerprint density at radius 1 is 1.30 bits per heavy atom. The van der Waals surface area contributed by atoms with Gasteiger partial charge >= 0.3 is 0 Å². The van der Waals surface area contributed by atoms with Crippen LogP contribution in [0.25, 0.3) is 0 Å². The van der Waals surface area contributed by atoms with E-state index in [0.717, 1.165) is 10.0 Å². The van der Waals surface area contributed by atoms with Gasteiger partial charge in [0.2, 0.25) is 0 Å². The van der Waals surface area contributed by atoms with Crippen molar-refractivity contribution in [1.82, 2.24) is 9.97 Å². The Morgan fingerprint density at radius 2 is 2.00 bits per heavy atom. The summed E-state index contributed by atoms with van der Waals surface area (Å²) in [6.45, 7) is 5.81. The van der Waals surface area contributed by atoms with Crippen LogP contribution in [0.5, 0.6) is 0 Å². The fraction of sp³-hybridized carbons (Fsp3) is 0.286. The fourth-order valence-electron chi connectivity index (χ4n) is 1.65. The Balaban J connectivity index is 2.45. The molecule has 2 aromatic rings. The molecule has 2 rings (SSSR count). The van der Waals surface area contributed by atoms with E-state index in [-0.39, 0.29) is 11.7 Å². The lowest BCUT2D eigenvalue weighted by atomic mass is 10.2. The number of aromatic nitrogens is 2. The average Bonchev–Trinajstić information content (AvgIpc) is 2.38. The van der Waals surface area contributed by atoms with Crippen LogP contribution in [-0.4, -0.2) is 9.97 Å². The summed E-state index contributed by atoms with van der Waals surface area (Å²) in [4.78, 5) is 8.71. The highest BCUT2D eigenvalue weighted by Crippen LogP contribution is 2.29. The summed E-state index contributed by atoms with van der Waals surface area (Å²) < 4.78 is 14.1. The predicted molar refractivity (Wildman–Crippen MR) is 82.7 cm³/mol. The Hall–Kier alpha value is -1.69. The first-order valence-corrected chi connectivity index (χ1v) is 7.04. The normalized spacial score (nSPS) is 10.9. The molecule has 0 bridgehead atoms. The van der Waals surface area contributed by atoms with Gasteiger partial charge in [0.15, 0.2) is 0 Å². The zero-order valence-electron chi connectivity index (χ0n) is 11.5. The van der Waals surface area contributed by atoms with Crippen molar-refractivity contribution in [3.8, 4) is 0 Å². The van der Waals surface area contributed by atoms with Crippen molar-refractivity contribution in [3.63, 3.8) is 0 Å². The van der Waals surface area contributed by atoms with Crippen LogP contribution in [0.2, 0.25) is 0 Å². The molecule has 3 N–H and O–H groups in total. The maximum atomic E-state index is 13.3. The summed E-state index contributed by atoms with van der Waals surface area (Å²) in [6, 6.07) is 4.42. The molecule has 6 heteroatoms. The molecule has 4 nitrogen and oxygen atoms in total. The van der Waals surface area contributed by atoms with E-state index < -0.39 is 0 Å². The van der Waals surface area contributed by atoms with Crippen molar-refractivity contribution in [2.24, 2.45) is 0 Å². The first-order chi connectivity index (χ1) is 9.38. The zero-order valence-corrected chi connectivity index (χ0v) is 13.1. The molecule has 1 heterocycles. The summed E-state index contributed by atoms with van der Waals surface area (Å²) in [7, 11) is 0. The Kier molecular flexibility index (Phi) is 4.23. The minimum Gasteiger partial charge on any atom is -0.383 e. The van der Waals surface area contributed by atoms with Crippen LogP contribution in [0, 0.1) is 12.7 Å². The number of nitrogens with two attached hydrogens (primary N) is 1. The molecule has 1 aromatic carbocycles. The van der Waals surface area contributed by atoms with Crippen LogP contribution in [0.4, 0.5) is 21.7 Å². The van der Waals surface area contributed by atoms with Gasteiger partial charge in [-0.15, -0.1) is 0 Å². The summed E-state index contributed by atoms with van der Waals surface area (Å²) in [6.07, 6.45) is 0. The lowest BCUT2D eigenvalue weighted by molar-refractivity contribution is 0.628. The second kappa shape index (κ2) is 5.75. The van der Waals surface area contributed by atoms with Crippen LogP contribution < -0.4 is 11.1 Å². The van der Waals surface area contributed by atoms with Gasteiger partial charge < -0.3 is 11.1 Å². The third kappa shape index (κ3) is 3.07. The van der Waals surface area contributed by atoms with E-state index in [1.54, 1.807) is 6.07 Å². The number of hydrogen-bond donors (Lipinski definition) is 2. The van der Waals surface area contributed by atoms with E-state index in [1.807, 2.05) is 20.8 Å². The van der Waals surface area contributed by atoms with Crippen molar-refractivity contribution in [2.45, 2.75) is 26.7 Å². The van der Waals surface area contributed by atoms with Crippen molar-refractivity contribution < 1.29 is 4.39 Å². The number of halogens is 2. The van der Waals surface area contributed by atoms with Crippen molar-refractivity contribution >= 4 is 33.3 Å². The van der Waals surface area contributed by atoms with Gasteiger partial charge in [-0.3, -0.25) is 0 Å². The highest BCUT2D eigenvalue weighted by atomic mass is 79.9. The topological polar surface area (TPSA) is 63.8 Å². The largest absolute Gasteiger partial charge is 0.383 e. The number of anilines is 3. The summed E-state index contributed by atoms with van der Waals surface area (Å²) in [5.41, 5.74) is 7.24. The molecule has 0 amide bonds. The van der Waals surface area contributed by atoms with Crippen LogP contribution in [0.1, 0.15) is 31.2 Å². The second-order valence-corrected chi connectivity index (χ2v) is 5.70. The quantitative estimate of drug-likeness (QED) is 0.882. The summed E-state index contributed by atoms with van der Waals surface area (Å²) >= 11 is 3.37. The second-order valence-electron chi connectivity index (χ2n) is 4.84. The molecule has 0 fully saturated rings. The van der Waals surface area contributed by atoms with Gasteiger partial charge in [0, 0.05) is 16.0 Å². The maximum absolute atomic E-state index is 13.3. The van der Waals surface area contributed by atoms with E-state index in [2.05, 4.69) is 31.2 Å². The minimum atomic E-state index is -0.320. The molecule has 0 saturated heterocycles. The van der Waals surface area contributed by atoms with Gasteiger partial charge in [-0.1, -0.05) is 13.8 Å². The van der Waals surface area contributed by atoms with E-state index >= 15 is 0 Å². The van der Waals surface area contributed by atoms with Gasteiger partial charge in [0.05, 0.1) is 5.69 Å². The van der Waals surface area contributed by atoms with Gasteiger partial charge in [0.1, 0.15) is 23.3 Å². The third-order valence-electron chi connectivity index (χ3n) is 2.90. The zero-order chi connectivity index (χ0) is 14.9. The number of rotatable bonds is 3. The van der Waals surface area contributed by atoms with Gasteiger partial charge in [-0.2, -0.15) is 0 Å². The maximum Gasteiger partial charge on any atom is 0.139 e. The van der Waals surface area contributed by atoms with Gasteiger partial charge in [-0.25, -0.2) is 14.4 Å². The van der Waals surface area contributed by atoms with Crippen molar-refractivity contribution in [1.29, 1.82) is 0 Å². The van der Waals surface area contributed by atoms with Crippen LogP contribution in [-0.2, 0) is 0 Å². The van der Waals surface area contributed by atoms with E-state index in [1.165, 1.54) is 12.1 Å². The number of benzene rings is 1. The van der Waals surface area contributed by atoms with E-state index in [0.29, 0.717) is 23.1 Å². The number of nitrogens with zero attached hydrogens (tertiary/aromatic N) is 2. The van der Waals surface area contributed by atoms with E-state index in [4.69, 9.17) is 5.73 Å². The number of nitrogens with one attached hydrogen (secondary N) is 1. The van der Waals surface area contributed by atoms with Crippen molar-refractivity contribution in [2.75, 3.05) is 11.1 Å². The molecule has 20 heavy (non-hydrogen) atoms. The molecule has 0 aliphatic rings. The molecule has 0 unspecified atom stereocenters. The Bertz CT molecular complexity index is 643. The number of nitrogen functional groups attached to an aromatic ring is 1. The predicted octanol–water partition coefficient (Wildman–Crippen LogP) is 4.14.